The molecule has 35 heavy (non-hydrogen) atoms. The number of carbonyl (C=O) groups excluding carboxylic acids is 1. The molecule has 0 saturated carbocycles. The molecule has 0 aromatic heterocycles. The molecule has 5 aliphatic rings. The summed E-state index contributed by atoms with van der Waals surface area (Å²) in [5, 5.41) is 27.8. The largest absolute Gasteiger partial charge is 0.508 e. The van der Waals surface area contributed by atoms with Crippen LogP contribution < -0.4 is 10.6 Å². The lowest BCUT2D eigenvalue weighted by Gasteiger charge is -2.51. The maximum absolute atomic E-state index is 11.4. The number of phenolic OH excluding ortho intramolecular Hbond substituents is 1. The first-order valence-electron chi connectivity index (χ1n) is 13.3. The molecule has 3 N–H and O–H groups in total. The number of phenols is 1. The Morgan fingerprint density at radius 2 is 1.83 bits per heavy atom. The van der Waals surface area contributed by atoms with Crippen LogP contribution in [0.15, 0.2) is 46.0 Å². The zero-order valence-electron chi connectivity index (χ0n) is 20.4. The Bertz CT molecular complexity index is 999. The molecule has 3 saturated heterocycles. The Balaban J connectivity index is 1.29. The highest BCUT2D eigenvalue weighted by atomic mass is 16.3. The maximum Gasteiger partial charge on any atom is 0.209 e. The second-order valence-electron chi connectivity index (χ2n) is 10.7. The standard InChI is InChI=1S/C26H37N7O2/c34-18-31-13-14-33-21(17-31)16-28-25-23(33)15-26(30-29-25,22-3-1-2-4-24(22)35)19-7-11-32(12-8-19)20-5-9-27-10-6-20/h1-4,18-21,27-28,35H,5-17H2/t21?,26-/m0/s1. The van der Waals surface area contributed by atoms with Crippen LogP contribution in [-0.4, -0.2) is 90.7 Å². The van der Waals surface area contributed by atoms with Crippen LogP contribution in [0.2, 0.25) is 0 Å². The van der Waals surface area contributed by atoms with E-state index in [-0.39, 0.29) is 6.04 Å². The van der Waals surface area contributed by atoms with Gasteiger partial charge in [-0.05, 0) is 63.8 Å². The first kappa shape index (κ1) is 22.8. The van der Waals surface area contributed by atoms with Crippen molar-refractivity contribution in [3.63, 3.8) is 0 Å². The summed E-state index contributed by atoms with van der Waals surface area (Å²) in [6.07, 6.45) is 6.25. The molecule has 1 aromatic carbocycles. The van der Waals surface area contributed by atoms with Gasteiger partial charge < -0.3 is 30.4 Å². The Labute approximate surface area is 207 Å². The lowest BCUT2D eigenvalue weighted by atomic mass is 9.70. The molecule has 0 bridgehead atoms. The van der Waals surface area contributed by atoms with Gasteiger partial charge in [-0.1, -0.05) is 18.2 Å². The molecule has 1 unspecified atom stereocenters. The van der Waals surface area contributed by atoms with Gasteiger partial charge in [0.25, 0.3) is 0 Å². The fraction of sp³-hybridized carbons (Fsp3) is 0.654. The zero-order chi connectivity index (χ0) is 23.8. The lowest BCUT2D eigenvalue weighted by molar-refractivity contribution is -0.120. The highest BCUT2D eigenvalue weighted by Crippen LogP contribution is 2.51. The van der Waals surface area contributed by atoms with Gasteiger partial charge in [-0.2, -0.15) is 5.11 Å². The summed E-state index contributed by atoms with van der Waals surface area (Å²) in [4.78, 5) is 18.4. The van der Waals surface area contributed by atoms with E-state index in [1.54, 1.807) is 6.07 Å². The quantitative estimate of drug-likeness (QED) is 0.571. The Morgan fingerprint density at radius 1 is 1.03 bits per heavy atom. The highest BCUT2D eigenvalue weighted by Gasteiger charge is 2.49. The average molecular weight is 480 g/mol. The third kappa shape index (κ3) is 4.08. The molecular weight excluding hydrogens is 442 g/mol. The van der Waals surface area contributed by atoms with E-state index in [1.165, 1.54) is 18.5 Å². The number of aromatic hydroxyl groups is 1. The van der Waals surface area contributed by atoms with Crippen molar-refractivity contribution in [2.24, 2.45) is 16.1 Å². The number of para-hydroxylation sites is 1. The van der Waals surface area contributed by atoms with Crippen LogP contribution in [0.5, 0.6) is 5.75 Å². The van der Waals surface area contributed by atoms with Gasteiger partial charge in [0.1, 0.15) is 11.3 Å². The number of likely N-dealkylation sites (tertiary alicyclic amines) is 1. The molecule has 5 aliphatic heterocycles. The summed E-state index contributed by atoms with van der Waals surface area (Å²) in [5.74, 6) is 1.48. The highest BCUT2D eigenvalue weighted by molar-refractivity contribution is 5.48. The van der Waals surface area contributed by atoms with Crippen molar-refractivity contribution >= 4 is 6.41 Å². The molecule has 0 aliphatic carbocycles. The number of nitrogens with zero attached hydrogens (tertiary/aromatic N) is 5. The fourth-order valence-electron chi connectivity index (χ4n) is 7.01. The molecule has 188 valence electrons. The molecule has 9 heteroatoms. The number of nitrogens with one attached hydrogen (secondary N) is 2. The van der Waals surface area contributed by atoms with Gasteiger partial charge in [-0.3, -0.25) is 4.79 Å². The molecule has 5 heterocycles. The van der Waals surface area contributed by atoms with Crippen molar-refractivity contribution < 1.29 is 9.90 Å². The summed E-state index contributed by atoms with van der Waals surface area (Å²) in [6, 6.07) is 8.63. The van der Waals surface area contributed by atoms with Crippen molar-refractivity contribution in [3.8, 4) is 5.75 Å². The number of hydrogen-bond acceptors (Lipinski definition) is 8. The van der Waals surface area contributed by atoms with Crippen LogP contribution in [0.4, 0.5) is 0 Å². The van der Waals surface area contributed by atoms with E-state index in [4.69, 9.17) is 10.2 Å². The Kier molecular flexibility index (Phi) is 6.14. The molecule has 0 spiro atoms. The SMILES string of the molecule is O=CN1CCN2C3=C(N=N[C@](c4ccccc4O)(C4CCN(C5CCNCC5)CC4)C3)NCC2C1. The minimum absolute atomic E-state index is 0.241. The number of hydrogen-bond donors (Lipinski definition) is 3. The van der Waals surface area contributed by atoms with Crippen LogP contribution in [0, 0.1) is 5.92 Å². The molecule has 3 fully saturated rings. The molecule has 2 atom stereocenters. The van der Waals surface area contributed by atoms with Crippen molar-refractivity contribution in [2.45, 2.75) is 49.7 Å². The predicted molar refractivity (Wildman–Crippen MR) is 133 cm³/mol. The number of azo groups is 1. The van der Waals surface area contributed by atoms with Crippen LogP contribution in [0.1, 0.15) is 37.7 Å². The molecule has 1 aromatic rings. The van der Waals surface area contributed by atoms with Crippen LogP contribution in [-0.2, 0) is 10.3 Å². The van der Waals surface area contributed by atoms with Gasteiger partial charge in [0.05, 0.1) is 11.7 Å². The lowest BCUT2D eigenvalue weighted by Crippen LogP contribution is -2.59. The number of fused-ring (bicyclic) bond motifs is 2. The van der Waals surface area contributed by atoms with E-state index < -0.39 is 5.54 Å². The normalized spacial score (nSPS) is 30.6. The van der Waals surface area contributed by atoms with E-state index in [1.807, 2.05) is 23.1 Å². The van der Waals surface area contributed by atoms with Gasteiger partial charge in [-0.15, -0.1) is 5.11 Å². The summed E-state index contributed by atoms with van der Waals surface area (Å²) in [6.45, 7) is 7.40. The number of benzene rings is 1. The maximum atomic E-state index is 11.4. The zero-order valence-corrected chi connectivity index (χ0v) is 20.4. The topological polar surface area (TPSA) is 95.8 Å². The molecule has 1 amide bonds. The molecule has 6 rings (SSSR count). The Morgan fingerprint density at radius 3 is 2.60 bits per heavy atom. The van der Waals surface area contributed by atoms with Crippen molar-refractivity contribution in [2.75, 3.05) is 52.4 Å². The van der Waals surface area contributed by atoms with Crippen molar-refractivity contribution in [1.82, 2.24) is 25.3 Å². The first-order chi connectivity index (χ1) is 17.2. The monoisotopic (exact) mass is 479 g/mol. The van der Waals surface area contributed by atoms with E-state index in [0.717, 1.165) is 89.4 Å². The summed E-state index contributed by atoms with van der Waals surface area (Å²) < 4.78 is 0. The molecular formula is C26H37N7O2. The van der Waals surface area contributed by atoms with Crippen LogP contribution >= 0.6 is 0 Å². The average Bonchev–Trinajstić information content (AvgIpc) is 2.93. The van der Waals surface area contributed by atoms with E-state index in [9.17, 15) is 9.90 Å². The first-order valence-corrected chi connectivity index (χ1v) is 13.3. The van der Waals surface area contributed by atoms with E-state index >= 15 is 0 Å². The second-order valence-corrected chi connectivity index (χ2v) is 10.7. The van der Waals surface area contributed by atoms with Gasteiger partial charge >= 0.3 is 0 Å². The summed E-state index contributed by atoms with van der Waals surface area (Å²) in [7, 11) is 0. The minimum Gasteiger partial charge on any atom is -0.508 e. The third-order valence-electron chi connectivity index (χ3n) is 8.95. The smallest absolute Gasteiger partial charge is 0.209 e. The fourth-order valence-corrected chi connectivity index (χ4v) is 7.01. The number of piperidine rings is 2. The van der Waals surface area contributed by atoms with Crippen molar-refractivity contribution in [3.05, 3.63) is 41.3 Å². The van der Waals surface area contributed by atoms with E-state index in [0.29, 0.717) is 17.7 Å². The third-order valence-corrected chi connectivity index (χ3v) is 8.95. The van der Waals surface area contributed by atoms with Gasteiger partial charge in [0, 0.05) is 44.2 Å². The van der Waals surface area contributed by atoms with Crippen LogP contribution in [0.25, 0.3) is 0 Å². The Hall–Kier alpha value is -2.65. The van der Waals surface area contributed by atoms with Crippen LogP contribution in [0.3, 0.4) is 0 Å². The van der Waals surface area contributed by atoms with Crippen molar-refractivity contribution in [1.29, 1.82) is 0 Å². The predicted octanol–water partition coefficient (Wildman–Crippen LogP) is 1.82. The number of piperazine rings is 1. The number of carbonyl (C=O) groups is 1. The van der Waals surface area contributed by atoms with Gasteiger partial charge in [0.15, 0.2) is 5.82 Å². The molecule has 9 nitrogen and oxygen atoms in total. The number of rotatable bonds is 4. The molecule has 0 radical (unpaired) electrons. The second kappa shape index (κ2) is 9.43. The summed E-state index contributed by atoms with van der Waals surface area (Å²) >= 11 is 0. The summed E-state index contributed by atoms with van der Waals surface area (Å²) in [5.41, 5.74) is 1.51. The number of amides is 1. The minimum atomic E-state index is -0.574. The van der Waals surface area contributed by atoms with E-state index in [2.05, 4.69) is 20.4 Å². The van der Waals surface area contributed by atoms with Gasteiger partial charge in [-0.25, -0.2) is 0 Å². The van der Waals surface area contributed by atoms with Gasteiger partial charge in [0.2, 0.25) is 6.41 Å².